The molecule has 2 saturated heterocycles. The van der Waals surface area contributed by atoms with Gasteiger partial charge in [-0.1, -0.05) is 0 Å². The first-order valence-corrected chi connectivity index (χ1v) is 4.62. The molecule has 3 unspecified atom stereocenters. The average molecular weight is 172 g/mol. The summed E-state index contributed by atoms with van der Waals surface area (Å²) in [5.74, 6) is 0.181. The van der Waals surface area contributed by atoms with E-state index in [0.29, 0.717) is 13.2 Å². The molecule has 0 bridgehead atoms. The molecule has 3 nitrogen and oxygen atoms in total. The second-order valence-electron chi connectivity index (χ2n) is 3.95. The Bertz CT molecular complexity index is 167. The maximum atomic E-state index is 9.71. The number of aliphatic hydroxyl groups excluding tert-OH is 1. The third-order valence-electron chi connectivity index (χ3n) is 3.13. The molecule has 3 atom stereocenters. The molecule has 0 spiro atoms. The lowest BCUT2D eigenvalue weighted by molar-refractivity contribution is -0.203. The molecule has 2 heterocycles. The average Bonchev–Trinajstić information content (AvgIpc) is 2.04. The first-order valence-electron chi connectivity index (χ1n) is 4.62. The zero-order valence-electron chi connectivity index (χ0n) is 7.45. The van der Waals surface area contributed by atoms with E-state index in [1.807, 2.05) is 0 Å². The van der Waals surface area contributed by atoms with Crippen LogP contribution in [0.1, 0.15) is 19.8 Å². The van der Waals surface area contributed by atoms with Crippen LogP contribution in [-0.4, -0.2) is 36.6 Å². The van der Waals surface area contributed by atoms with E-state index >= 15 is 0 Å². The highest BCUT2D eigenvalue weighted by Gasteiger charge is 2.44. The Hall–Kier alpha value is -0.120. The van der Waals surface area contributed by atoms with Crippen molar-refractivity contribution in [2.45, 2.75) is 31.5 Å². The highest BCUT2D eigenvalue weighted by molar-refractivity contribution is 4.93. The molecule has 0 radical (unpaired) electrons. The van der Waals surface area contributed by atoms with Crippen LogP contribution in [-0.2, 0) is 9.47 Å². The van der Waals surface area contributed by atoms with Crippen LogP contribution in [0, 0.1) is 5.92 Å². The largest absolute Gasteiger partial charge is 0.393 e. The summed E-state index contributed by atoms with van der Waals surface area (Å²) in [6.07, 6.45) is 1.43. The maximum absolute atomic E-state index is 9.71. The normalized spacial score (nSPS) is 48.5. The fourth-order valence-corrected chi connectivity index (χ4v) is 2.16. The lowest BCUT2D eigenvalue weighted by Crippen LogP contribution is -2.54. The van der Waals surface area contributed by atoms with Crippen molar-refractivity contribution in [1.82, 2.24) is 0 Å². The maximum Gasteiger partial charge on any atom is 0.0751 e. The molecule has 70 valence electrons. The molecular weight excluding hydrogens is 156 g/mol. The Balaban J connectivity index is 2.12. The Morgan fingerprint density at radius 3 is 3.00 bits per heavy atom. The summed E-state index contributed by atoms with van der Waals surface area (Å²) < 4.78 is 11.0. The van der Waals surface area contributed by atoms with Crippen molar-refractivity contribution in [1.29, 1.82) is 0 Å². The smallest absolute Gasteiger partial charge is 0.0751 e. The zero-order chi connectivity index (χ0) is 8.60. The number of aliphatic hydroxyl groups is 1. The summed E-state index contributed by atoms with van der Waals surface area (Å²) in [4.78, 5) is 0. The molecule has 12 heavy (non-hydrogen) atoms. The van der Waals surface area contributed by atoms with Crippen LogP contribution >= 0.6 is 0 Å². The van der Waals surface area contributed by atoms with E-state index in [9.17, 15) is 5.11 Å². The zero-order valence-corrected chi connectivity index (χ0v) is 7.45. The molecule has 2 rings (SSSR count). The molecule has 0 aromatic heterocycles. The van der Waals surface area contributed by atoms with Crippen molar-refractivity contribution in [2.24, 2.45) is 5.92 Å². The van der Waals surface area contributed by atoms with Gasteiger partial charge in [-0.25, -0.2) is 0 Å². The van der Waals surface area contributed by atoms with Gasteiger partial charge in [-0.15, -0.1) is 0 Å². The SMILES string of the molecule is CC12CCOCC1C(O)CCO2. The highest BCUT2D eigenvalue weighted by atomic mass is 16.5. The summed E-state index contributed by atoms with van der Waals surface area (Å²) >= 11 is 0. The van der Waals surface area contributed by atoms with Crippen LogP contribution < -0.4 is 0 Å². The van der Waals surface area contributed by atoms with Gasteiger partial charge in [0.1, 0.15) is 0 Å². The van der Waals surface area contributed by atoms with Gasteiger partial charge in [0.05, 0.1) is 18.3 Å². The number of rotatable bonds is 0. The molecule has 3 heteroatoms. The Morgan fingerprint density at radius 2 is 2.25 bits per heavy atom. The van der Waals surface area contributed by atoms with E-state index in [-0.39, 0.29) is 17.6 Å². The predicted molar refractivity (Wildman–Crippen MR) is 43.9 cm³/mol. The molecule has 0 aliphatic carbocycles. The molecule has 0 aromatic rings. The van der Waals surface area contributed by atoms with Crippen LogP contribution in [0.15, 0.2) is 0 Å². The third kappa shape index (κ3) is 1.26. The quantitative estimate of drug-likeness (QED) is 0.580. The van der Waals surface area contributed by atoms with E-state index < -0.39 is 0 Å². The minimum atomic E-state index is -0.232. The van der Waals surface area contributed by atoms with Gasteiger partial charge >= 0.3 is 0 Å². The lowest BCUT2D eigenvalue weighted by atomic mass is 9.78. The van der Waals surface area contributed by atoms with E-state index in [1.54, 1.807) is 0 Å². The van der Waals surface area contributed by atoms with E-state index in [4.69, 9.17) is 9.47 Å². The van der Waals surface area contributed by atoms with Crippen molar-refractivity contribution in [3.63, 3.8) is 0 Å². The predicted octanol–water partition coefficient (Wildman–Crippen LogP) is 0.563. The van der Waals surface area contributed by atoms with Crippen LogP contribution in [0.2, 0.25) is 0 Å². The molecule has 0 amide bonds. The van der Waals surface area contributed by atoms with Crippen molar-refractivity contribution >= 4 is 0 Å². The summed E-state index contributed by atoms with van der Waals surface area (Å²) in [5, 5.41) is 9.71. The minimum absolute atomic E-state index is 0.129. The first kappa shape index (κ1) is 8.48. The summed E-state index contributed by atoms with van der Waals surface area (Å²) in [6, 6.07) is 0. The number of fused-ring (bicyclic) bond motifs is 1. The molecule has 0 aromatic carbocycles. The van der Waals surface area contributed by atoms with Crippen molar-refractivity contribution in [3.05, 3.63) is 0 Å². The van der Waals surface area contributed by atoms with Crippen molar-refractivity contribution in [3.8, 4) is 0 Å². The Labute approximate surface area is 72.7 Å². The van der Waals surface area contributed by atoms with Crippen LogP contribution in [0.5, 0.6) is 0 Å². The number of hydrogen-bond donors (Lipinski definition) is 1. The van der Waals surface area contributed by atoms with Crippen LogP contribution in [0.4, 0.5) is 0 Å². The van der Waals surface area contributed by atoms with E-state index in [1.165, 1.54) is 0 Å². The van der Waals surface area contributed by atoms with Gasteiger partial charge in [-0.2, -0.15) is 0 Å². The Morgan fingerprint density at radius 1 is 1.42 bits per heavy atom. The summed E-state index contributed by atoms with van der Waals surface area (Å²) in [7, 11) is 0. The topological polar surface area (TPSA) is 38.7 Å². The summed E-state index contributed by atoms with van der Waals surface area (Å²) in [6.45, 7) is 4.19. The fraction of sp³-hybridized carbons (Fsp3) is 1.00. The monoisotopic (exact) mass is 172 g/mol. The highest BCUT2D eigenvalue weighted by Crippen LogP contribution is 2.36. The first-order chi connectivity index (χ1) is 5.72. The second-order valence-corrected chi connectivity index (χ2v) is 3.95. The van der Waals surface area contributed by atoms with Crippen molar-refractivity contribution in [2.75, 3.05) is 19.8 Å². The lowest BCUT2D eigenvalue weighted by Gasteiger charge is -2.46. The minimum Gasteiger partial charge on any atom is -0.393 e. The van der Waals surface area contributed by atoms with Gasteiger partial charge in [-0.05, 0) is 19.8 Å². The molecule has 2 aliphatic heterocycles. The molecule has 2 aliphatic rings. The second kappa shape index (κ2) is 2.98. The Kier molecular flexibility index (Phi) is 2.10. The molecule has 1 N–H and O–H groups in total. The van der Waals surface area contributed by atoms with E-state index in [0.717, 1.165) is 19.4 Å². The van der Waals surface area contributed by atoms with Crippen molar-refractivity contribution < 1.29 is 14.6 Å². The fourth-order valence-electron chi connectivity index (χ4n) is 2.16. The van der Waals surface area contributed by atoms with Gasteiger partial charge < -0.3 is 14.6 Å². The standard InChI is InChI=1S/C9H16O3/c1-9-3-5-11-6-7(9)8(10)2-4-12-9/h7-8,10H,2-6H2,1H3. The third-order valence-corrected chi connectivity index (χ3v) is 3.13. The molecular formula is C9H16O3. The van der Waals surface area contributed by atoms with E-state index in [2.05, 4.69) is 6.92 Å². The number of ether oxygens (including phenoxy) is 2. The van der Waals surface area contributed by atoms with Gasteiger partial charge in [-0.3, -0.25) is 0 Å². The molecule has 2 fully saturated rings. The van der Waals surface area contributed by atoms with Gasteiger partial charge in [0.25, 0.3) is 0 Å². The van der Waals surface area contributed by atoms with Gasteiger partial charge in [0, 0.05) is 19.1 Å². The van der Waals surface area contributed by atoms with Crippen LogP contribution in [0.25, 0.3) is 0 Å². The van der Waals surface area contributed by atoms with Crippen LogP contribution in [0.3, 0.4) is 0 Å². The molecule has 0 saturated carbocycles. The van der Waals surface area contributed by atoms with Gasteiger partial charge in [0.15, 0.2) is 0 Å². The number of hydrogen-bond acceptors (Lipinski definition) is 3. The van der Waals surface area contributed by atoms with Gasteiger partial charge in [0.2, 0.25) is 0 Å². The summed E-state index contributed by atoms with van der Waals surface area (Å²) in [5.41, 5.74) is -0.129.